The Balaban J connectivity index is 2.34. The molecule has 5 nitrogen and oxygen atoms in total. The highest BCUT2D eigenvalue weighted by atomic mass is 16.6. The molecular weight excluding hydrogens is 210 g/mol. The first-order chi connectivity index (χ1) is 7.59. The van der Waals surface area contributed by atoms with Crippen LogP contribution in [0.15, 0.2) is 24.3 Å². The Morgan fingerprint density at radius 2 is 2.12 bits per heavy atom. The molecule has 0 bridgehead atoms. The van der Waals surface area contributed by atoms with Gasteiger partial charge in [-0.2, -0.15) is 0 Å². The van der Waals surface area contributed by atoms with Gasteiger partial charge in [0.2, 0.25) is 0 Å². The maximum Gasteiger partial charge on any atom is 0.404 e. The van der Waals surface area contributed by atoms with Crippen LogP contribution in [-0.4, -0.2) is 30.5 Å². The van der Waals surface area contributed by atoms with E-state index >= 15 is 0 Å². The fourth-order valence-electron chi connectivity index (χ4n) is 1.13. The van der Waals surface area contributed by atoms with Gasteiger partial charge in [0.15, 0.2) is 0 Å². The van der Waals surface area contributed by atoms with Crippen LogP contribution in [0.3, 0.4) is 0 Å². The van der Waals surface area contributed by atoms with Crippen molar-refractivity contribution in [1.82, 2.24) is 0 Å². The van der Waals surface area contributed by atoms with Crippen molar-refractivity contribution in [2.75, 3.05) is 13.2 Å². The molecule has 1 aromatic rings. The molecule has 1 atom stereocenters. The Hall–Kier alpha value is -1.75. The van der Waals surface area contributed by atoms with E-state index in [4.69, 9.17) is 10.5 Å². The molecule has 0 aliphatic rings. The molecule has 0 heterocycles. The van der Waals surface area contributed by atoms with Crippen molar-refractivity contribution in [3.63, 3.8) is 0 Å². The molecule has 0 fully saturated rings. The van der Waals surface area contributed by atoms with Crippen LogP contribution >= 0.6 is 0 Å². The molecule has 0 spiro atoms. The van der Waals surface area contributed by atoms with E-state index in [1.54, 1.807) is 6.07 Å². The first kappa shape index (κ1) is 12.3. The lowest BCUT2D eigenvalue weighted by molar-refractivity contribution is 0.0418. The summed E-state index contributed by atoms with van der Waals surface area (Å²) < 4.78 is 9.78. The zero-order valence-corrected chi connectivity index (χ0v) is 9.05. The summed E-state index contributed by atoms with van der Waals surface area (Å²) in [6, 6.07) is 7.45. The molecule has 0 aliphatic carbocycles. The second-order valence-electron chi connectivity index (χ2n) is 3.36. The third-order valence-electron chi connectivity index (χ3n) is 1.94. The van der Waals surface area contributed by atoms with Crippen molar-refractivity contribution in [3.05, 3.63) is 29.8 Å². The van der Waals surface area contributed by atoms with E-state index in [9.17, 15) is 9.90 Å². The zero-order valence-electron chi connectivity index (χ0n) is 9.05. The van der Waals surface area contributed by atoms with E-state index in [0.717, 1.165) is 5.56 Å². The molecule has 3 N–H and O–H groups in total. The Bertz CT molecular complexity index is 354. The van der Waals surface area contributed by atoms with Gasteiger partial charge in [0.1, 0.15) is 25.1 Å². The summed E-state index contributed by atoms with van der Waals surface area (Å²) >= 11 is 0. The van der Waals surface area contributed by atoms with Crippen LogP contribution in [0.2, 0.25) is 0 Å². The van der Waals surface area contributed by atoms with Crippen LogP contribution in [-0.2, 0) is 4.74 Å². The molecule has 5 heteroatoms. The SMILES string of the molecule is Cc1ccccc1OC[C@@H](O)COC(N)=O. The van der Waals surface area contributed by atoms with Gasteiger partial charge >= 0.3 is 6.09 Å². The predicted octanol–water partition coefficient (Wildman–Crippen LogP) is 0.830. The van der Waals surface area contributed by atoms with Gasteiger partial charge < -0.3 is 20.3 Å². The molecular formula is C11H15NO4. The Kier molecular flexibility index (Phi) is 4.60. The summed E-state index contributed by atoms with van der Waals surface area (Å²) in [6.07, 6.45) is -1.79. The number of aliphatic hydroxyl groups excluding tert-OH is 1. The standard InChI is InChI=1S/C11H15NO4/c1-8-4-2-3-5-10(8)15-6-9(13)7-16-11(12)14/h2-5,9,13H,6-7H2,1H3,(H2,12,14)/t9-/m1/s1. The number of ether oxygens (including phenoxy) is 2. The van der Waals surface area contributed by atoms with Gasteiger partial charge in [-0.15, -0.1) is 0 Å². The molecule has 0 saturated carbocycles. The average Bonchev–Trinajstić information content (AvgIpc) is 2.25. The normalized spacial score (nSPS) is 11.9. The van der Waals surface area contributed by atoms with Crippen molar-refractivity contribution < 1.29 is 19.4 Å². The first-order valence-corrected chi connectivity index (χ1v) is 4.88. The van der Waals surface area contributed by atoms with E-state index in [0.29, 0.717) is 5.75 Å². The highest BCUT2D eigenvalue weighted by Gasteiger charge is 2.08. The molecule has 88 valence electrons. The van der Waals surface area contributed by atoms with Crippen molar-refractivity contribution in [3.8, 4) is 5.75 Å². The molecule has 1 rings (SSSR count). The molecule has 0 aromatic heterocycles. The Labute approximate surface area is 93.8 Å². The number of benzene rings is 1. The minimum atomic E-state index is -0.907. The summed E-state index contributed by atoms with van der Waals surface area (Å²) in [5.74, 6) is 0.695. The van der Waals surface area contributed by atoms with Gasteiger partial charge in [-0.1, -0.05) is 18.2 Å². The van der Waals surface area contributed by atoms with Crippen LogP contribution < -0.4 is 10.5 Å². The Morgan fingerprint density at radius 1 is 1.44 bits per heavy atom. The molecule has 0 aliphatic heterocycles. The summed E-state index contributed by atoms with van der Waals surface area (Å²) in [6.45, 7) is 1.79. The molecule has 16 heavy (non-hydrogen) atoms. The number of carbonyl (C=O) groups excluding carboxylic acids is 1. The minimum absolute atomic E-state index is 0.0537. The third-order valence-corrected chi connectivity index (χ3v) is 1.94. The van der Waals surface area contributed by atoms with Crippen molar-refractivity contribution in [2.24, 2.45) is 5.73 Å². The predicted molar refractivity (Wildman–Crippen MR) is 58.2 cm³/mol. The average molecular weight is 225 g/mol. The number of carbonyl (C=O) groups is 1. The van der Waals surface area contributed by atoms with Crippen LogP contribution in [0.25, 0.3) is 0 Å². The first-order valence-electron chi connectivity index (χ1n) is 4.88. The molecule has 1 amide bonds. The van der Waals surface area contributed by atoms with Crippen LogP contribution in [0.1, 0.15) is 5.56 Å². The van der Waals surface area contributed by atoms with Crippen molar-refractivity contribution in [2.45, 2.75) is 13.0 Å². The lowest BCUT2D eigenvalue weighted by Crippen LogP contribution is -2.27. The van der Waals surface area contributed by atoms with Gasteiger partial charge in [0.05, 0.1) is 0 Å². The summed E-state index contributed by atoms with van der Waals surface area (Å²) in [5.41, 5.74) is 5.74. The highest BCUT2D eigenvalue weighted by Crippen LogP contribution is 2.16. The van der Waals surface area contributed by atoms with Crippen LogP contribution in [0.4, 0.5) is 4.79 Å². The van der Waals surface area contributed by atoms with Gasteiger partial charge in [-0.25, -0.2) is 4.79 Å². The third kappa shape index (κ3) is 4.18. The van der Waals surface area contributed by atoms with Gasteiger partial charge in [0.25, 0.3) is 0 Å². The Morgan fingerprint density at radius 3 is 2.75 bits per heavy atom. The minimum Gasteiger partial charge on any atom is -0.490 e. The highest BCUT2D eigenvalue weighted by molar-refractivity contribution is 5.64. The smallest absolute Gasteiger partial charge is 0.404 e. The maximum atomic E-state index is 10.3. The topological polar surface area (TPSA) is 81.8 Å². The van der Waals surface area contributed by atoms with Gasteiger partial charge in [-0.3, -0.25) is 0 Å². The van der Waals surface area contributed by atoms with Gasteiger partial charge in [0, 0.05) is 0 Å². The summed E-state index contributed by atoms with van der Waals surface area (Å²) in [5, 5.41) is 9.39. The fraction of sp³-hybridized carbons (Fsp3) is 0.364. The largest absolute Gasteiger partial charge is 0.490 e. The van der Waals surface area contributed by atoms with Gasteiger partial charge in [-0.05, 0) is 18.6 Å². The second kappa shape index (κ2) is 5.97. The van der Waals surface area contributed by atoms with E-state index in [1.165, 1.54) is 0 Å². The lowest BCUT2D eigenvalue weighted by atomic mass is 10.2. The van der Waals surface area contributed by atoms with E-state index in [2.05, 4.69) is 4.74 Å². The molecule has 0 radical (unpaired) electrons. The molecule has 1 aromatic carbocycles. The summed E-state index contributed by atoms with van der Waals surface area (Å²) in [4.78, 5) is 10.3. The van der Waals surface area contributed by atoms with Crippen LogP contribution in [0, 0.1) is 6.92 Å². The zero-order chi connectivity index (χ0) is 12.0. The molecule has 0 unspecified atom stereocenters. The number of rotatable bonds is 5. The van der Waals surface area contributed by atoms with E-state index in [1.807, 2.05) is 25.1 Å². The number of hydrogen-bond donors (Lipinski definition) is 2. The monoisotopic (exact) mass is 225 g/mol. The van der Waals surface area contributed by atoms with Crippen LogP contribution in [0.5, 0.6) is 5.75 Å². The number of para-hydroxylation sites is 1. The number of nitrogens with two attached hydrogens (primary N) is 1. The van der Waals surface area contributed by atoms with Crippen molar-refractivity contribution >= 4 is 6.09 Å². The quantitative estimate of drug-likeness (QED) is 0.777. The second-order valence-corrected chi connectivity index (χ2v) is 3.36. The van der Waals surface area contributed by atoms with E-state index < -0.39 is 12.2 Å². The van der Waals surface area contributed by atoms with Crippen molar-refractivity contribution in [1.29, 1.82) is 0 Å². The van der Waals surface area contributed by atoms with E-state index in [-0.39, 0.29) is 13.2 Å². The lowest BCUT2D eigenvalue weighted by Gasteiger charge is -2.13. The summed E-state index contributed by atoms with van der Waals surface area (Å²) in [7, 11) is 0. The number of hydrogen-bond acceptors (Lipinski definition) is 4. The number of aryl methyl sites for hydroxylation is 1. The fourth-order valence-corrected chi connectivity index (χ4v) is 1.13. The maximum absolute atomic E-state index is 10.3. The number of primary amides is 1. The number of aliphatic hydroxyl groups is 1. The molecule has 0 saturated heterocycles. The number of amides is 1.